The highest BCUT2D eigenvalue weighted by molar-refractivity contribution is 6.40. The van der Waals surface area contributed by atoms with Crippen molar-refractivity contribution >= 4 is 11.8 Å². The number of benzene rings is 1. The first kappa shape index (κ1) is 22.2. The fourth-order valence-electron chi connectivity index (χ4n) is 1.78. The third-order valence-corrected chi connectivity index (χ3v) is 3.02. The number of carbonyl (C=O) groups is 2. The third-order valence-electron chi connectivity index (χ3n) is 3.02. The van der Waals surface area contributed by atoms with Gasteiger partial charge in [-0.25, -0.2) is 9.18 Å². The van der Waals surface area contributed by atoms with Gasteiger partial charge >= 0.3 is 5.97 Å². The van der Waals surface area contributed by atoms with Gasteiger partial charge < -0.3 is 23.7 Å². The van der Waals surface area contributed by atoms with Crippen LogP contribution in [0, 0.1) is 0 Å². The van der Waals surface area contributed by atoms with Crippen molar-refractivity contribution < 1.29 is 37.7 Å². The average Bonchev–Trinajstić information content (AvgIpc) is 2.68. The van der Waals surface area contributed by atoms with Gasteiger partial charge in [-0.05, 0) is 0 Å². The first-order valence-corrected chi connectivity index (χ1v) is 8.39. The molecule has 0 amide bonds. The molecule has 1 aromatic carbocycles. The van der Waals surface area contributed by atoms with Crippen molar-refractivity contribution in [3.05, 3.63) is 35.9 Å². The number of Topliss-reactive ketones (excluding diaryl/α,β-unsaturated/α-hetero) is 1. The maximum atomic E-state index is 11.7. The highest BCUT2D eigenvalue weighted by atomic mass is 19.1. The SMILES string of the molecule is O=C(OCCOCCOCCOCCOCCF)C(=O)c1ccccc1. The second-order valence-corrected chi connectivity index (χ2v) is 4.97. The summed E-state index contributed by atoms with van der Waals surface area (Å²) in [5, 5.41) is 0. The lowest BCUT2D eigenvalue weighted by Gasteiger charge is -2.07. The molecule has 7 nitrogen and oxygen atoms in total. The molecule has 1 rings (SSSR count). The van der Waals surface area contributed by atoms with Crippen molar-refractivity contribution in [2.75, 3.05) is 66.1 Å². The molecule has 26 heavy (non-hydrogen) atoms. The van der Waals surface area contributed by atoms with Gasteiger partial charge in [0.05, 0.1) is 52.9 Å². The summed E-state index contributed by atoms with van der Waals surface area (Å²) < 4.78 is 37.2. The van der Waals surface area contributed by atoms with Gasteiger partial charge in [0, 0.05) is 5.56 Å². The summed E-state index contributed by atoms with van der Waals surface area (Å²) in [6, 6.07) is 8.22. The summed E-state index contributed by atoms with van der Waals surface area (Å²) in [5.41, 5.74) is 0.294. The van der Waals surface area contributed by atoms with E-state index >= 15 is 0 Å². The second kappa shape index (κ2) is 15.4. The number of esters is 1. The molecule has 0 aliphatic heterocycles. The Morgan fingerprint density at radius 2 is 1.15 bits per heavy atom. The van der Waals surface area contributed by atoms with Gasteiger partial charge in [0.1, 0.15) is 13.3 Å². The van der Waals surface area contributed by atoms with Crippen molar-refractivity contribution in [2.24, 2.45) is 0 Å². The topological polar surface area (TPSA) is 80.3 Å². The van der Waals surface area contributed by atoms with Crippen LogP contribution in [0.2, 0.25) is 0 Å². The largest absolute Gasteiger partial charge is 0.457 e. The summed E-state index contributed by atoms with van der Waals surface area (Å²) in [5.74, 6) is -1.58. The molecule has 0 heterocycles. The average molecular weight is 372 g/mol. The minimum absolute atomic E-state index is 0.000597. The van der Waals surface area contributed by atoms with Crippen LogP contribution in [0.25, 0.3) is 0 Å². The zero-order valence-electron chi connectivity index (χ0n) is 14.7. The maximum absolute atomic E-state index is 11.7. The molecule has 0 aliphatic rings. The Morgan fingerprint density at radius 3 is 1.65 bits per heavy atom. The van der Waals surface area contributed by atoms with Crippen molar-refractivity contribution in [3.63, 3.8) is 0 Å². The molecule has 0 saturated carbocycles. The van der Waals surface area contributed by atoms with E-state index in [4.69, 9.17) is 23.7 Å². The maximum Gasteiger partial charge on any atom is 0.379 e. The number of alkyl halides is 1. The fraction of sp³-hybridized carbons (Fsp3) is 0.556. The summed E-state index contributed by atoms with van der Waals surface area (Å²) in [6.07, 6.45) is 0. The van der Waals surface area contributed by atoms with Gasteiger partial charge in [0.15, 0.2) is 0 Å². The summed E-state index contributed by atoms with van der Waals surface area (Å²) >= 11 is 0. The van der Waals surface area contributed by atoms with Crippen LogP contribution >= 0.6 is 0 Å². The molecule has 0 N–H and O–H groups in total. The molecule has 1 aromatic rings. The zero-order valence-corrected chi connectivity index (χ0v) is 14.7. The van der Waals surface area contributed by atoms with Gasteiger partial charge in [-0.3, -0.25) is 4.79 Å². The first-order valence-electron chi connectivity index (χ1n) is 8.39. The van der Waals surface area contributed by atoms with Gasteiger partial charge in [-0.2, -0.15) is 0 Å². The van der Waals surface area contributed by atoms with E-state index in [-0.39, 0.29) is 19.8 Å². The first-order chi connectivity index (χ1) is 12.8. The van der Waals surface area contributed by atoms with E-state index < -0.39 is 18.4 Å². The quantitative estimate of drug-likeness (QED) is 0.188. The van der Waals surface area contributed by atoms with Crippen molar-refractivity contribution in [1.82, 2.24) is 0 Å². The van der Waals surface area contributed by atoms with Crippen LogP contribution in [-0.4, -0.2) is 77.9 Å². The van der Waals surface area contributed by atoms with Crippen molar-refractivity contribution in [1.29, 1.82) is 0 Å². The van der Waals surface area contributed by atoms with Crippen LogP contribution < -0.4 is 0 Å². The van der Waals surface area contributed by atoms with E-state index in [0.717, 1.165) is 0 Å². The molecule has 0 saturated heterocycles. The van der Waals surface area contributed by atoms with Gasteiger partial charge in [-0.15, -0.1) is 0 Å². The van der Waals surface area contributed by atoms with Crippen LogP contribution in [0.3, 0.4) is 0 Å². The number of ether oxygens (including phenoxy) is 5. The van der Waals surface area contributed by atoms with Crippen LogP contribution in [-0.2, 0) is 28.5 Å². The number of carbonyl (C=O) groups excluding carboxylic acids is 2. The van der Waals surface area contributed by atoms with E-state index in [9.17, 15) is 14.0 Å². The zero-order chi connectivity index (χ0) is 18.9. The molecule has 0 atom stereocenters. The van der Waals surface area contributed by atoms with Crippen LogP contribution in [0.4, 0.5) is 4.39 Å². The Labute approximate surface area is 152 Å². The lowest BCUT2D eigenvalue weighted by atomic mass is 10.1. The van der Waals surface area contributed by atoms with Crippen molar-refractivity contribution in [3.8, 4) is 0 Å². The van der Waals surface area contributed by atoms with E-state index in [0.29, 0.717) is 45.2 Å². The van der Waals surface area contributed by atoms with Gasteiger partial charge in [0.25, 0.3) is 5.78 Å². The van der Waals surface area contributed by atoms with Crippen LogP contribution in [0.5, 0.6) is 0 Å². The molecule has 8 heteroatoms. The molecule has 0 radical (unpaired) electrons. The Kier molecular flexibility index (Phi) is 13.1. The Bertz CT molecular complexity index is 496. The molecule has 0 unspecified atom stereocenters. The minimum Gasteiger partial charge on any atom is -0.457 e. The lowest BCUT2D eigenvalue weighted by molar-refractivity contribution is -0.139. The highest BCUT2D eigenvalue weighted by Crippen LogP contribution is 2.01. The minimum atomic E-state index is -0.899. The molecular formula is C18H25FO7. The van der Waals surface area contributed by atoms with Crippen LogP contribution in [0.1, 0.15) is 10.4 Å². The molecule has 0 spiro atoms. The van der Waals surface area contributed by atoms with Crippen LogP contribution in [0.15, 0.2) is 30.3 Å². The fourth-order valence-corrected chi connectivity index (χ4v) is 1.78. The Hall–Kier alpha value is -1.87. The summed E-state index contributed by atoms with van der Waals surface area (Å²) in [4.78, 5) is 23.3. The molecule has 0 aliphatic carbocycles. The van der Waals surface area contributed by atoms with E-state index in [1.807, 2.05) is 0 Å². The van der Waals surface area contributed by atoms with Gasteiger partial charge in [-0.1, -0.05) is 30.3 Å². The second-order valence-electron chi connectivity index (χ2n) is 4.97. The van der Waals surface area contributed by atoms with Crippen molar-refractivity contribution in [2.45, 2.75) is 0 Å². The Balaban J connectivity index is 1.87. The number of hydrogen-bond acceptors (Lipinski definition) is 7. The summed E-state index contributed by atoms with van der Waals surface area (Å²) in [7, 11) is 0. The number of halogens is 1. The third kappa shape index (κ3) is 10.9. The number of ketones is 1. The predicted molar refractivity (Wildman–Crippen MR) is 91.0 cm³/mol. The monoisotopic (exact) mass is 372 g/mol. The lowest BCUT2D eigenvalue weighted by Crippen LogP contribution is -2.20. The normalized spacial score (nSPS) is 10.7. The standard InChI is InChI=1S/C18H25FO7/c19-6-7-22-8-9-23-10-11-24-12-13-25-14-15-26-18(21)17(20)16-4-2-1-3-5-16/h1-5H,6-15H2. The Morgan fingerprint density at radius 1 is 0.692 bits per heavy atom. The number of rotatable bonds is 16. The molecular weight excluding hydrogens is 347 g/mol. The number of hydrogen-bond donors (Lipinski definition) is 0. The molecule has 0 aromatic heterocycles. The molecule has 146 valence electrons. The van der Waals surface area contributed by atoms with E-state index in [2.05, 4.69) is 0 Å². The molecule has 0 fully saturated rings. The van der Waals surface area contributed by atoms with Gasteiger partial charge in [0.2, 0.25) is 0 Å². The molecule has 0 bridgehead atoms. The predicted octanol–water partition coefficient (Wildman–Crippen LogP) is 1.45. The van der Waals surface area contributed by atoms with E-state index in [1.165, 1.54) is 0 Å². The highest BCUT2D eigenvalue weighted by Gasteiger charge is 2.16. The van der Waals surface area contributed by atoms with E-state index in [1.54, 1.807) is 30.3 Å². The summed E-state index contributed by atoms with van der Waals surface area (Å²) in [6.45, 7) is 2.07. The smallest absolute Gasteiger partial charge is 0.379 e.